The van der Waals surface area contributed by atoms with Crippen LogP contribution in [0.5, 0.6) is 0 Å². The van der Waals surface area contributed by atoms with Crippen LogP contribution in [0.4, 0.5) is 0 Å². The van der Waals surface area contributed by atoms with E-state index in [1.165, 1.54) is 12.8 Å². The predicted octanol–water partition coefficient (Wildman–Crippen LogP) is 2.20. The quantitative estimate of drug-likeness (QED) is 0.782. The number of aliphatic hydroxyl groups excluding tert-OH is 1. The van der Waals surface area contributed by atoms with Crippen LogP contribution < -0.4 is 10.9 Å². The van der Waals surface area contributed by atoms with Crippen molar-refractivity contribution in [2.24, 2.45) is 0 Å². The highest BCUT2D eigenvalue weighted by Gasteiger charge is 2.60. The second-order valence-electron chi connectivity index (χ2n) is 9.53. The molecule has 2 aromatic rings. The zero-order valence-corrected chi connectivity index (χ0v) is 17.2. The highest BCUT2D eigenvalue weighted by Crippen LogP contribution is 2.46. The third-order valence-corrected chi connectivity index (χ3v) is 7.54. The molecule has 2 N–H and O–H groups in total. The van der Waals surface area contributed by atoms with Gasteiger partial charge in [0.05, 0.1) is 17.6 Å². The summed E-state index contributed by atoms with van der Waals surface area (Å²) in [5.41, 5.74) is 0.880. The Morgan fingerprint density at radius 2 is 1.83 bits per heavy atom. The lowest BCUT2D eigenvalue weighted by atomic mass is 9.88. The first kappa shape index (κ1) is 18.8. The number of carbonyl (C=O) groups excluding carboxylic acids is 1. The molecular weight excluding hydrogens is 366 g/mol. The highest BCUT2D eigenvalue weighted by atomic mass is 16.3. The third kappa shape index (κ3) is 2.84. The van der Waals surface area contributed by atoms with Crippen molar-refractivity contribution < 1.29 is 14.4 Å². The Hall–Kier alpha value is -2.18. The number of hydrogen-bond acceptors (Lipinski definition) is 3. The molecule has 154 valence electrons. The molecule has 1 aromatic carbocycles. The Morgan fingerprint density at radius 3 is 2.45 bits per heavy atom. The standard InChI is InChI=1S/C23H29N3O3/c1-14(2)25-21-6-4-3-5-15(21)9-20(23(25)29)22(28)24-16-10-17-7-8-18(11-16)26(17)12-19(27)13-26/h3-6,9,14,16-19,27H,7-8,10-13H2,1-2H3/p+1/t16?,17-,18+,19?,26?. The summed E-state index contributed by atoms with van der Waals surface area (Å²) in [5, 5.41) is 13.9. The van der Waals surface area contributed by atoms with Gasteiger partial charge in [0, 0.05) is 37.8 Å². The lowest BCUT2D eigenvalue weighted by molar-refractivity contribution is -1.01. The van der Waals surface area contributed by atoms with Crippen LogP contribution in [-0.4, -0.2) is 57.4 Å². The first-order chi connectivity index (χ1) is 13.9. The fraction of sp³-hybridized carbons (Fsp3) is 0.565. The number of amides is 1. The van der Waals surface area contributed by atoms with Gasteiger partial charge in [-0.15, -0.1) is 0 Å². The number of pyridine rings is 1. The summed E-state index contributed by atoms with van der Waals surface area (Å²) in [6.07, 6.45) is 4.10. The lowest BCUT2D eigenvalue weighted by Gasteiger charge is -2.57. The molecule has 1 spiro atoms. The maximum absolute atomic E-state index is 13.1. The SMILES string of the molecule is CC(C)n1c(=O)c(C(=O)NC2C[C@H]3CC[C@@H](C2)[N+]32CC(O)C2)cc2ccccc21. The van der Waals surface area contributed by atoms with Gasteiger partial charge in [0.1, 0.15) is 18.7 Å². The largest absolute Gasteiger partial charge is 0.382 e. The van der Waals surface area contributed by atoms with Crippen LogP contribution in [0.25, 0.3) is 10.9 Å². The van der Waals surface area contributed by atoms with Crippen molar-refractivity contribution in [3.05, 3.63) is 46.2 Å². The van der Waals surface area contributed by atoms with Gasteiger partial charge in [-0.2, -0.15) is 0 Å². The second kappa shape index (κ2) is 6.67. The molecule has 2 bridgehead atoms. The molecule has 29 heavy (non-hydrogen) atoms. The number of nitrogens with zero attached hydrogens (tertiary/aromatic N) is 2. The van der Waals surface area contributed by atoms with Gasteiger partial charge in [-0.3, -0.25) is 9.59 Å². The van der Waals surface area contributed by atoms with Gasteiger partial charge in [-0.1, -0.05) is 18.2 Å². The van der Waals surface area contributed by atoms with Crippen molar-refractivity contribution >= 4 is 16.8 Å². The molecule has 4 heterocycles. The van der Waals surface area contributed by atoms with Crippen molar-refractivity contribution in [3.8, 4) is 0 Å². The minimum atomic E-state index is -0.253. The Bertz CT molecular complexity index is 1010. The smallest absolute Gasteiger partial charge is 0.264 e. The van der Waals surface area contributed by atoms with E-state index < -0.39 is 0 Å². The summed E-state index contributed by atoms with van der Waals surface area (Å²) in [6.45, 7) is 5.69. The number of quaternary nitrogens is 1. The molecule has 5 rings (SSSR count). The number of nitrogens with one attached hydrogen (secondary N) is 1. The van der Waals surface area contributed by atoms with Crippen LogP contribution >= 0.6 is 0 Å². The van der Waals surface area contributed by atoms with E-state index >= 15 is 0 Å². The number of piperidine rings is 1. The Morgan fingerprint density at radius 1 is 1.17 bits per heavy atom. The maximum Gasteiger partial charge on any atom is 0.264 e. The third-order valence-electron chi connectivity index (χ3n) is 7.54. The number of hydrogen-bond donors (Lipinski definition) is 2. The fourth-order valence-electron chi connectivity index (χ4n) is 6.28. The average Bonchev–Trinajstić information content (AvgIpc) is 2.85. The van der Waals surface area contributed by atoms with E-state index in [0.717, 1.165) is 41.3 Å². The lowest BCUT2D eigenvalue weighted by Crippen LogP contribution is -2.74. The van der Waals surface area contributed by atoms with Gasteiger partial charge in [0.2, 0.25) is 0 Å². The molecule has 0 saturated carbocycles. The molecule has 3 aliphatic rings. The molecule has 3 atom stereocenters. The monoisotopic (exact) mass is 396 g/mol. The molecule has 1 amide bonds. The van der Waals surface area contributed by atoms with Crippen LogP contribution in [0.1, 0.15) is 55.9 Å². The van der Waals surface area contributed by atoms with E-state index in [1.54, 1.807) is 10.6 Å². The maximum atomic E-state index is 13.1. The number of aromatic nitrogens is 1. The number of benzene rings is 1. The van der Waals surface area contributed by atoms with E-state index in [9.17, 15) is 14.7 Å². The minimum absolute atomic E-state index is 0.0205. The summed E-state index contributed by atoms with van der Waals surface area (Å²) in [7, 11) is 0. The average molecular weight is 397 g/mol. The Balaban J connectivity index is 1.40. The number of rotatable bonds is 3. The molecule has 1 unspecified atom stereocenters. The minimum Gasteiger partial charge on any atom is -0.382 e. The molecule has 0 aliphatic carbocycles. The number of fused-ring (bicyclic) bond motifs is 1. The molecule has 0 radical (unpaired) electrons. The Labute approximate surface area is 170 Å². The van der Waals surface area contributed by atoms with Gasteiger partial charge in [-0.05, 0) is 31.4 Å². The summed E-state index contributed by atoms with van der Waals surface area (Å²) in [5.74, 6) is -0.253. The van der Waals surface area contributed by atoms with E-state index in [4.69, 9.17) is 0 Å². The van der Waals surface area contributed by atoms with Crippen molar-refractivity contribution in [3.63, 3.8) is 0 Å². The van der Waals surface area contributed by atoms with Crippen LogP contribution in [0.3, 0.4) is 0 Å². The van der Waals surface area contributed by atoms with Crippen molar-refractivity contribution in [2.75, 3.05) is 13.1 Å². The zero-order chi connectivity index (χ0) is 20.3. The van der Waals surface area contributed by atoms with Crippen molar-refractivity contribution in [1.29, 1.82) is 0 Å². The Kier molecular flexibility index (Phi) is 4.33. The predicted molar refractivity (Wildman–Crippen MR) is 112 cm³/mol. The first-order valence-electron chi connectivity index (χ1n) is 10.9. The van der Waals surface area contributed by atoms with Gasteiger partial charge >= 0.3 is 0 Å². The fourth-order valence-corrected chi connectivity index (χ4v) is 6.28. The number of aliphatic hydroxyl groups is 1. The summed E-state index contributed by atoms with van der Waals surface area (Å²) in [6, 6.07) is 10.6. The van der Waals surface area contributed by atoms with Crippen molar-refractivity contribution in [2.45, 2.75) is 69.8 Å². The number of carbonyl (C=O) groups is 1. The van der Waals surface area contributed by atoms with Crippen molar-refractivity contribution in [1.82, 2.24) is 9.88 Å². The highest BCUT2D eigenvalue weighted by molar-refractivity contribution is 5.97. The van der Waals surface area contributed by atoms with E-state index in [-0.39, 0.29) is 35.2 Å². The van der Waals surface area contributed by atoms with Crippen LogP contribution in [0.2, 0.25) is 0 Å². The van der Waals surface area contributed by atoms with Crippen LogP contribution in [0.15, 0.2) is 35.1 Å². The summed E-state index contributed by atoms with van der Waals surface area (Å²) >= 11 is 0. The summed E-state index contributed by atoms with van der Waals surface area (Å²) in [4.78, 5) is 26.2. The molecule has 6 nitrogen and oxygen atoms in total. The second-order valence-corrected chi connectivity index (χ2v) is 9.53. The van der Waals surface area contributed by atoms with E-state index in [1.807, 2.05) is 38.1 Å². The van der Waals surface area contributed by atoms with E-state index in [0.29, 0.717) is 12.1 Å². The van der Waals surface area contributed by atoms with E-state index in [2.05, 4.69) is 5.32 Å². The molecule has 6 heteroatoms. The van der Waals surface area contributed by atoms with Gasteiger partial charge in [0.15, 0.2) is 6.10 Å². The van der Waals surface area contributed by atoms with Gasteiger partial charge in [0.25, 0.3) is 11.5 Å². The first-order valence-corrected chi connectivity index (χ1v) is 10.9. The normalized spacial score (nSPS) is 33.2. The molecular formula is C23H30N3O3+. The van der Waals surface area contributed by atoms with Crippen LogP contribution in [0, 0.1) is 0 Å². The summed E-state index contributed by atoms with van der Waals surface area (Å²) < 4.78 is 2.78. The molecule has 3 saturated heterocycles. The van der Waals surface area contributed by atoms with Gasteiger partial charge < -0.3 is 19.5 Å². The topological polar surface area (TPSA) is 71.3 Å². The number of para-hydroxylation sites is 1. The zero-order valence-electron chi connectivity index (χ0n) is 17.2. The molecule has 3 fully saturated rings. The molecule has 1 aromatic heterocycles. The van der Waals surface area contributed by atoms with Gasteiger partial charge in [-0.25, -0.2) is 0 Å². The van der Waals surface area contributed by atoms with Crippen LogP contribution in [-0.2, 0) is 0 Å². The molecule has 3 aliphatic heterocycles.